The van der Waals surface area contributed by atoms with E-state index in [0.29, 0.717) is 6.04 Å². The third kappa shape index (κ3) is 3.30. The van der Waals surface area contributed by atoms with Crippen molar-refractivity contribution in [2.45, 2.75) is 44.0 Å². The van der Waals surface area contributed by atoms with Gasteiger partial charge in [0.2, 0.25) is 0 Å². The van der Waals surface area contributed by atoms with E-state index in [0.717, 1.165) is 11.2 Å². The molecule has 0 amide bonds. The summed E-state index contributed by atoms with van der Waals surface area (Å²) in [4.78, 5) is 2.46. The maximum atomic E-state index is 3.71. The molecule has 0 saturated heterocycles. The van der Waals surface area contributed by atoms with Crippen LogP contribution in [0, 0.1) is 5.92 Å². The molecule has 0 radical (unpaired) electrons. The van der Waals surface area contributed by atoms with Crippen LogP contribution in [0.2, 0.25) is 0 Å². The first-order valence-corrected chi connectivity index (χ1v) is 8.60. The number of hydrogen-bond donors (Lipinski definition) is 0. The number of rotatable bonds is 3. The Morgan fingerprint density at radius 2 is 2.11 bits per heavy atom. The minimum atomic E-state index is 0.694. The zero-order chi connectivity index (χ0) is 13.1. The van der Waals surface area contributed by atoms with Crippen LogP contribution in [0.25, 0.3) is 0 Å². The van der Waals surface area contributed by atoms with E-state index in [4.69, 9.17) is 0 Å². The van der Waals surface area contributed by atoms with Crippen LogP contribution < -0.4 is 4.90 Å². The molecule has 100 valence electrons. The van der Waals surface area contributed by atoms with Crippen molar-refractivity contribution in [2.75, 3.05) is 11.9 Å². The second-order valence-electron chi connectivity index (χ2n) is 5.46. The molecule has 0 spiro atoms. The van der Waals surface area contributed by atoms with Gasteiger partial charge in [-0.3, -0.25) is 0 Å². The normalized spacial score (nSPS) is 24.0. The monoisotopic (exact) mass is 373 g/mol. The van der Waals surface area contributed by atoms with Crippen molar-refractivity contribution in [1.82, 2.24) is 0 Å². The van der Waals surface area contributed by atoms with Crippen LogP contribution >= 0.6 is 31.9 Å². The van der Waals surface area contributed by atoms with Crippen LogP contribution in [0.1, 0.15) is 38.2 Å². The Labute approximate surface area is 127 Å². The quantitative estimate of drug-likeness (QED) is 0.643. The lowest BCUT2D eigenvalue weighted by Gasteiger charge is -2.36. The van der Waals surface area contributed by atoms with E-state index in [9.17, 15) is 0 Å². The van der Waals surface area contributed by atoms with Gasteiger partial charge in [0, 0.05) is 22.9 Å². The molecule has 1 aromatic carbocycles. The van der Waals surface area contributed by atoms with Crippen LogP contribution in [0.3, 0.4) is 0 Å². The van der Waals surface area contributed by atoms with Crippen molar-refractivity contribution in [3.05, 3.63) is 28.2 Å². The average Bonchev–Trinajstić information content (AvgIpc) is 2.37. The summed E-state index contributed by atoms with van der Waals surface area (Å²) in [5, 5.41) is 0.913. The first-order chi connectivity index (χ1) is 8.61. The molecule has 1 saturated carbocycles. The summed E-state index contributed by atoms with van der Waals surface area (Å²) in [5.41, 5.74) is 2.63. The number of alkyl halides is 1. The fourth-order valence-electron chi connectivity index (χ4n) is 2.87. The molecule has 1 nitrogen and oxygen atoms in total. The van der Waals surface area contributed by atoms with Crippen molar-refractivity contribution in [2.24, 2.45) is 5.92 Å². The third-order valence-corrected chi connectivity index (χ3v) is 5.29. The van der Waals surface area contributed by atoms with E-state index in [1.807, 2.05) is 0 Å². The minimum Gasteiger partial charge on any atom is -0.371 e. The fourth-order valence-corrected chi connectivity index (χ4v) is 3.92. The van der Waals surface area contributed by atoms with Crippen LogP contribution in [0.4, 0.5) is 5.69 Å². The van der Waals surface area contributed by atoms with Gasteiger partial charge in [0.1, 0.15) is 0 Å². The number of anilines is 1. The molecule has 1 fully saturated rings. The van der Waals surface area contributed by atoms with Crippen molar-refractivity contribution in [3.8, 4) is 0 Å². The van der Waals surface area contributed by atoms with Gasteiger partial charge >= 0.3 is 0 Å². The largest absolute Gasteiger partial charge is 0.371 e. The Kier molecular flexibility index (Phi) is 5.14. The van der Waals surface area contributed by atoms with Crippen molar-refractivity contribution >= 4 is 37.5 Å². The van der Waals surface area contributed by atoms with Gasteiger partial charge in [-0.05, 0) is 52.4 Å². The Bertz CT molecular complexity index is 405. The molecular weight excluding hydrogens is 354 g/mol. The summed E-state index contributed by atoms with van der Waals surface area (Å²) in [7, 11) is 2.23. The number of hydrogen-bond acceptors (Lipinski definition) is 1. The Morgan fingerprint density at radius 3 is 2.72 bits per heavy atom. The number of benzene rings is 1. The maximum absolute atomic E-state index is 3.71. The number of halogens is 2. The van der Waals surface area contributed by atoms with Crippen molar-refractivity contribution in [1.29, 1.82) is 0 Å². The van der Waals surface area contributed by atoms with E-state index in [1.54, 1.807) is 0 Å². The zero-order valence-corrected chi connectivity index (χ0v) is 14.3. The summed E-state index contributed by atoms with van der Waals surface area (Å²) < 4.78 is 1.21. The standard InChI is InChI=1S/C15H21Br2N/c1-11-4-3-5-13(8-11)18(2)15-7-6-12(10-16)9-14(15)17/h6-7,9,11,13H,3-5,8,10H2,1-2H3. The van der Waals surface area contributed by atoms with Gasteiger partial charge in [-0.25, -0.2) is 0 Å². The average molecular weight is 375 g/mol. The highest BCUT2D eigenvalue weighted by atomic mass is 79.9. The van der Waals surface area contributed by atoms with Crippen LogP contribution in [-0.4, -0.2) is 13.1 Å². The minimum absolute atomic E-state index is 0.694. The van der Waals surface area contributed by atoms with Crippen molar-refractivity contribution < 1.29 is 0 Å². The van der Waals surface area contributed by atoms with Gasteiger partial charge in [0.15, 0.2) is 0 Å². The van der Waals surface area contributed by atoms with Gasteiger partial charge in [0.25, 0.3) is 0 Å². The predicted molar refractivity (Wildman–Crippen MR) is 86.6 cm³/mol. The lowest BCUT2D eigenvalue weighted by atomic mass is 9.86. The fraction of sp³-hybridized carbons (Fsp3) is 0.600. The predicted octanol–water partition coefficient (Wildman–Crippen LogP) is 5.36. The Hall–Kier alpha value is -0.0200. The molecule has 1 aliphatic carbocycles. The summed E-state index contributed by atoms with van der Waals surface area (Å²) in [5.74, 6) is 0.867. The van der Waals surface area contributed by atoms with Gasteiger partial charge in [0.05, 0.1) is 5.69 Å². The first kappa shape index (κ1) is 14.4. The molecule has 0 aliphatic heterocycles. The van der Waals surface area contributed by atoms with Gasteiger partial charge in [-0.1, -0.05) is 41.8 Å². The molecule has 18 heavy (non-hydrogen) atoms. The van der Waals surface area contributed by atoms with E-state index in [-0.39, 0.29) is 0 Å². The third-order valence-electron chi connectivity index (χ3n) is 4.00. The second kappa shape index (κ2) is 6.42. The summed E-state index contributed by atoms with van der Waals surface area (Å²) >= 11 is 7.21. The molecule has 1 aromatic rings. The van der Waals surface area contributed by atoms with E-state index >= 15 is 0 Å². The highest BCUT2D eigenvalue weighted by Crippen LogP contribution is 2.33. The number of nitrogens with zero attached hydrogens (tertiary/aromatic N) is 1. The topological polar surface area (TPSA) is 3.24 Å². The SMILES string of the molecule is CC1CCCC(N(C)c2ccc(CBr)cc2Br)C1. The molecule has 0 heterocycles. The van der Waals surface area contributed by atoms with Crippen LogP contribution in [0.5, 0.6) is 0 Å². The molecule has 2 rings (SSSR count). The molecule has 0 N–H and O–H groups in total. The van der Waals surface area contributed by atoms with Crippen LogP contribution in [-0.2, 0) is 5.33 Å². The van der Waals surface area contributed by atoms with Gasteiger partial charge in [-0.2, -0.15) is 0 Å². The molecular formula is C15H21Br2N. The summed E-state index contributed by atoms with van der Waals surface area (Å²) in [6, 6.07) is 7.35. The highest BCUT2D eigenvalue weighted by Gasteiger charge is 2.23. The highest BCUT2D eigenvalue weighted by molar-refractivity contribution is 9.10. The van der Waals surface area contributed by atoms with Crippen LogP contribution in [0.15, 0.2) is 22.7 Å². The second-order valence-corrected chi connectivity index (χ2v) is 6.87. The van der Waals surface area contributed by atoms with Crippen molar-refractivity contribution in [3.63, 3.8) is 0 Å². The van der Waals surface area contributed by atoms with E-state index in [1.165, 1.54) is 41.4 Å². The van der Waals surface area contributed by atoms with E-state index in [2.05, 4.69) is 68.9 Å². The molecule has 3 heteroatoms. The molecule has 0 aromatic heterocycles. The Morgan fingerprint density at radius 1 is 1.33 bits per heavy atom. The zero-order valence-electron chi connectivity index (χ0n) is 11.1. The molecule has 2 unspecified atom stereocenters. The molecule has 1 aliphatic rings. The molecule has 0 bridgehead atoms. The smallest absolute Gasteiger partial charge is 0.0510 e. The summed E-state index contributed by atoms with van der Waals surface area (Å²) in [6.07, 6.45) is 5.41. The lowest BCUT2D eigenvalue weighted by molar-refractivity contribution is 0.336. The van der Waals surface area contributed by atoms with Gasteiger partial charge in [-0.15, -0.1) is 0 Å². The van der Waals surface area contributed by atoms with E-state index < -0.39 is 0 Å². The maximum Gasteiger partial charge on any atom is 0.0510 e. The molecule has 2 atom stereocenters. The first-order valence-electron chi connectivity index (χ1n) is 6.69. The summed E-state index contributed by atoms with van der Waals surface area (Å²) in [6.45, 7) is 2.38. The van der Waals surface area contributed by atoms with Gasteiger partial charge < -0.3 is 4.90 Å². The Balaban J connectivity index is 2.15. The lowest BCUT2D eigenvalue weighted by Crippen LogP contribution is -2.35.